The van der Waals surface area contributed by atoms with E-state index in [0.717, 1.165) is 37.7 Å². The average molecular weight is 458 g/mol. The van der Waals surface area contributed by atoms with Gasteiger partial charge >= 0.3 is 0 Å². The van der Waals surface area contributed by atoms with Crippen LogP contribution in [-0.2, 0) is 0 Å². The summed E-state index contributed by atoms with van der Waals surface area (Å²) in [6.07, 6.45) is 3.54. The van der Waals surface area contributed by atoms with Crippen molar-refractivity contribution in [2.24, 2.45) is 0 Å². The third-order valence-corrected chi connectivity index (χ3v) is 5.38. The number of H-pyrrole nitrogens is 1. The standard InChI is InChI=1S/C24H16BrN3O2/c25-16-4-6-17(7-5-16)28-24(29)20-3-1-2-15-14-18(8-9-19(15)20)30-22-11-13-27-23-21(22)10-12-26-23/h1-14H,(H,26,27)(H,28,29). The van der Waals surface area contributed by atoms with Gasteiger partial charge in [0.2, 0.25) is 0 Å². The third-order valence-electron chi connectivity index (χ3n) is 4.85. The van der Waals surface area contributed by atoms with E-state index in [0.29, 0.717) is 11.3 Å². The van der Waals surface area contributed by atoms with E-state index >= 15 is 0 Å². The van der Waals surface area contributed by atoms with Crippen LogP contribution in [0.25, 0.3) is 21.8 Å². The first-order valence-electron chi connectivity index (χ1n) is 9.37. The highest BCUT2D eigenvalue weighted by Gasteiger charge is 2.12. The number of halogens is 1. The second kappa shape index (κ2) is 7.65. The van der Waals surface area contributed by atoms with Crippen LogP contribution in [0.3, 0.4) is 0 Å². The van der Waals surface area contributed by atoms with E-state index in [1.807, 2.05) is 79.0 Å². The van der Waals surface area contributed by atoms with Crippen molar-refractivity contribution in [3.63, 3.8) is 0 Å². The Kier molecular flexibility index (Phi) is 4.69. The van der Waals surface area contributed by atoms with Crippen molar-refractivity contribution in [1.82, 2.24) is 9.97 Å². The molecule has 30 heavy (non-hydrogen) atoms. The highest BCUT2D eigenvalue weighted by atomic mass is 79.9. The number of hydrogen-bond acceptors (Lipinski definition) is 3. The van der Waals surface area contributed by atoms with Crippen molar-refractivity contribution in [2.45, 2.75) is 0 Å². The van der Waals surface area contributed by atoms with E-state index in [9.17, 15) is 4.79 Å². The summed E-state index contributed by atoms with van der Waals surface area (Å²) in [6.45, 7) is 0. The van der Waals surface area contributed by atoms with Crippen LogP contribution in [0.15, 0.2) is 89.7 Å². The van der Waals surface area contributed by atoms with Gasteiger partial charge in [-0.3, -0.25) is 4.79 Å². The lowest BCUT2D eigenvalue weighted by Crippen LogP contribution is -2.12. The summed E-state index contributed by atoms with van der Waals surface area (Å²) in [5.41, 5.74) is 2.13. The summed E-state index contributed by atoms with van der Waals surface area (Å²) in [6, 6.07) is 22.7. The highest BCUT2D eigenvalue weighted by Crippen LogP contribution is 2.31. The molecule has 0 atom stereocenters. The molecule has 2 heterocycles. The molecule has 0 spiro atoms. The van der Waals surface area contributed by atoms with Gasteiger partial charge < -0.3 is 15.0 Å². The van der Waals surface area contributed by atoms with Crippen molar-refractivity contribution in [3.8, 4) is 11.5 Å². The first kappa shape index (κ1) is 18.4. The Labute approximate surface area is 180 Å². The summed E-state index contributed by atoms with van der Waals surface area (Å²) >= 11 is 3.40. The maximum absolute atomic E-state index is 12.8. The fourth-order valence-electron chi connectivity index (χ4n) is 3.41. The summed E-state index contributed by atoms with van der Waals surface area (Å²) in [4.78, 5) is 20.2. The predicted molar refractivity (Wildman–Crippen MR) is 122 cm³/mol. The van der Waals surface area contributed by atoms with Crippen LogP contribution in [-0.4, -0.2) is 15.9 Å². The fourth-order valence-corrected chi connectivity index (χ4v) is 3.67. The van der Waals surface area contributed by atoms with Crippen molar-refractivity contribution in [1.29, 1.82) is 0 Å². The zero-order valence-electron chi connectivity index (χ0n) is 15.7. The summed E-state index contributed by atoms with van der Waals surface area (Å²) in [5.74, 6) is 1.27. The number of pyridine rings is 1. The van der Waals surface area contributed by atoms with Gasteiger partial charge in [-0.2, -0.15) is 0 Å². The molecule has 0 fully saturated rings. The van der Waals surface area contributed by atoms with Gasteiger partial charge in [0, 0.05) is 28.1 Å². The third kappa shape index (κ3) is 3.53. The SMILES string of the molecule is O=C(Nc1ccc(Br)cc1)c1cccc2cc(Oc3ccnc4[nH]ccc34)ccc12. The Hall–Kier alpha value is -3.64. The lowest BCUT2D eigenvalue weighted by Gasteiger charge is -2.11. The van der Waals surface area contributed by atoms with Gasteiger partial charge in [-0.1, -0.05) is 28.1 Å². The number of carbonyl (C=O) groups excluding carboxylic acids is 1. The summed E-state index contributed by atoms with van der Waals surface area (Å²) < 4.78 is 7.06. The van der Waals surface area contributed by atoms with E-state index in [2.05, 4.69) is 31.2 Å². The molecule has 1 amide bonds. The molecule has 0 unspecified atom stereocenters. The first-order chi connectivity index (χ1) is 14.7. The van der Waals surface area contributed by atoms with Gasteiger partial charge in [0.25, 0.3) is 5.91 Å². The Morgan fingerprint density at radius 1 is 0.967 bits per heavy atom. The number of rotatable bonds is 4. The molecule has 5 nitrogen and oxygen atoms in total. The monoisotopic (exact) mass is 457 g/mol. The zero-order valence-corrected chi connectivity index (χ0v) is 17.3. The number of anilines is 1. The van der Waals surface area contributed by atoms with Crippen LogP contribution in [0.1, 0.15) is 10.4 Å². The van der Waals surface area contributed by atoms with Gasteiger partial charge in [-0.25, -0.2) is 4.98 Å². The predicted octanol–water partition coefficient (Wildman–Crippen LogP) is 6.52. The number of amides is 1. The molecule has 0 radical (unpaired) electrons. The first-order valence-corrected chi connectivity index (χ1v) is 10.2. The van der Waals surface area contributed by atoms with E-state index in [4.69, 9.17) is 4.74 Å². The maximum atomic E-state index is 12.8. The van der Waals surface area contributed by atoms with Crippen molar-refractivity contribution < 1.29 is 9.53 Å². The zero-order chi connectivity index (χ0) is 20.5. The molecular weight excluding hydrogens is 442 g/mol. The number of carbonyl (C=O) groups is 1. The molecule has 5 aromatic rings. The van der Waals surface area contributed by atoms with Crippen molar-refractivity contribution in [3.05, 3.63) is 95.2 Å². The Morgan fingerprint density at radius 3 is 2.70 bits per heavy atom. The second-order valence-corrected chi connectivity index (χ2v) is 7.72. The smallest absolute Gasteiger partial charge is 0.256 e. The molecule has 2 aromatic heterocycles. The van der Waals surface area contributed by atoms with Crippen LogP contribution >= 0.6 is 15.9 Å². The van der Waals surface area contributed by atoms with Crippen LogP contribution in [0.5, 0.6) is 11.5 Å². The number of benzene rings is 3. The molecule has 3 aromatic carbocycles. The largest absolute Gasteiger partial charge is 0.457 e. The maximum Gasteiger partial charge on any atom is 0.256 e. The molecule has 0 aliphatic rings. The number of aromatic amines is 1. The Morgan fingerprint density at radius 2 is 1.83 bits per heavy atom. The second-order valence-electron chi connectivity index (χ2n) is 6.80. The van der Waals surface area contributed by atoms with E-state index < -0.39 is 0 Å². The summed E-state index contributed by atoms with van der Waals surface area (Å²) in [5, 5.41) is 5.65. The van der Waals surface area contributed by atoms with E-state index in [-0.39, 0.29) is 5.91 Å². The number of aromatic nitrogens is 2. The highest BCUT2D eigenvalue weighted by molar-refractivity contribution is 9.10. The van der Waals surface area contributed by atoms with Crippen LogP contribution in [0.4, 0.5) is 5.69 Å². The molecule has 0 saturated heterocycles. The number of fused-ring (bicyclic) bond motifs is 2. The number of nitrogens with zero attached hydrogens (tertiary/aromatic N) is 1. The molecule has 2 N–H and O–H groups in total. The number of ether oxygens (including phenoxy) is 1. The number of hydrogen-bond donors (Lipinski definition) is 2. The van der Waals surface area contributed by atoms with Gasteiger partial charge in [-0.15, -0.1) is 0 Å². The minimum atomic E-state index is -0.153. The molecule has 146 valence electrons. The minimum absolute atomic E-state index is 0.153. The molecule has 0 aliphatic heterocycles. The van der Waals surface area contributed by atoms with Crippen molar-refractivity contribution >= 4 is 49.3 Å². The van der Waals surface area contributed by atoms with Crippen LogP contribution in [0.2, 0.25) is 0 Å². The van der Waals surface area contributed by atoms with Gasteiger partial charge in [0.1, 0.15) is 17.1 Å². The van der Waals surface area contributed by atoms with E-state index in [1.54, 1.807) is 6.20 Å². The lowest BCUT2D eigenvalue weighted by molar-refractivity contribution is 0.102. The summed E-state index contributed by atoms with van der Waals surface area (Å²) in [7, 11) is 0. The quantitative estimate of drug-likeness (QED) is 0.322. The number of nitrogens with one attached hydrogen (secondary N) is 2. The molecule has 6 heteroatoms. The normalized spacial score (nSPS) is 11.0. The average Bonchev–Trinajstić information content (AvgIpc) is 3.25. The van der Waals surface area contributed by atoms with Crippen LogP contribution in [0, 0.1) is 0 Å². The lowest BCUT2D eigenvalue weighted by atomic mass is 10.0. The van der Waals surface area contributed by atoms with Gasteiger partial charge in [0.15, 0.2) is 0 Å². The molecule has 0 aliphatic carbocycles. The topological polar surface area (TPSA) is 67.0 Å². The Balaban J connectivity index is 1.45. The molecule has 0 saturated carbocycles. The van der Waals surface area contributed by atoms with Gasteiger partial charge in [0.05, 0.1) is 5.39 Å². The van der Waals surface area contributed by atoms with Crippen LogP contribution < -0.4 is 10.1 Å². The Bertz CT molecular complexity index is 1380. The van der Waals surface area contributed by atoms with Crippen molar-refractivity contribution in [2.75, 3.05) is 5.32 Å². The van der Waals surface area contributed by atoms with E-state index in [1.165, 1.54) is 0 Å². The fraction of sp³-hybridized carbons (Fsp3) is 0. The molecule has 0 bridgehead atoms. The molecular formula is C24H16BrN3O2. The minimum Gasteiger partial charge on any atom is -0.457 e. The van der Waals surface area contributed by atoms with Gasteiger partial charge in [-0.05, 0) is 71.4 Å². The molecule has 5 rings (SSSR count).